The van der Waals surface area contributed by atoms with Gasteiger partial charge in [-0.15, -0.1) is 24.0 Å². The Morgan fingerprint density at radius 3 is 2.68 bits per heavy atom. The van der Waals surface area contributed by atoms with Gasteiger partial charge >= 0.3 is 5.97 Å². The number of halogens is 1. The highest BCUT2D eigenvalue weighted by atomic mass is 127. The number of carbonyl (C=O) groups is 2. The van der Waals surface area contributed by atoms with Gasteiger partial charge in [0.2, 0.25) is 5.91 Å². The molecule has 2 N–H and O–H groups in total. The largest absolute Gasteiger partial charge is 0.465 e. The summed E-state index contributed by atoms with van der Waals surface area (Å²) < 4.78 is 10.4. The number of guanidine groups is 1. The minimum atomic E-state index is -0.412. The fourth-order valence-electron chi connectivity index (χ4n) is 4.29. The lowest BCUT2D eigenvalue weighted by Crippen LogP contribution is -2.45. The molecular weight excluding hydrogens is 511 g/mol. The maximum absolute atomic E-state index is 12.8. The Bertz CT molecular complexity index is 774. The number of furan rings is 1. The van der Waals surface area contributed by atoms with Crippen LogP contribution in [0.5, 0.6) is 0 Å². The summed E-state index contributed by atoms with van der Waals surface area (Å²) in [5.41, 5.74) is 0.424. The van der Waals surface area contributed by atoms with Gasteiger partial charge in [0.05, 0.1) is 7.11 Å². The first-order valence-corrected chi connectivity index (χ1v) is 11.0. The highest BCUT2D eigenvalue weighted by Gasteiger charge is 2.31. The van der Waals surface area contributed by atoms with E-state index in [2.05, 4.69) is 15.6 Å². The number of methoxy groups -OCH3 is 1. The Kier molecular flexibility index (Phi) is 10.1. The van der Waals surface area contributed by atoms with Crippen molar-refractivity contribution in [1.82, 2.24) is 15.5 Å². The minimum Gasteiger partial charge on any atom is -0.465 e. The summed E-state index contributed by atoms with van der Waals surface area (Å²) in [6.07, 6.45) is 6.59. The number of amides is 1. The SMILES string of the molecule is CCNC(=NCc1cc(C(=O)OC)c(C)o1)NC1CCN(C(=O)C2CCCCC2)C1.I. The first-order chi connectivity index (χ1) is 14.5. The average molecular weight is 546 g/mol. The predicted molar refractivity (Wildman–Crippen MR) is 130 cm³/mol. The van der Waals surface area contributed by atoms with Crippen LogP contribution < -0.4 is 10.6 Å². The van der Waals surface area contributed by atoms with Gasteiger partial charge in [0.1, 0.15) is 23.6 Å². The monoisotopic (exact) mass is 546 g/mol. The van der Waals surface area contributed by atoms with Crippen molar-refractivity contribution in [3.8, 4) is 0 Å². The van der Waals surface area contributed by atoms with Gasteiger partial charge in [-0.25, -0.2) is 9.79 Å². The van der Waals surface area contributed by atoms with Crippen LogP contribution in [-0.4, -0.2) is 55.5 Å². The first kappa shape index (κ1) is 25.5. The molecule has 1 aromatic heterocycles. The minimum absolute atomic E-state index is 0. The number of nitrogens with one attached hydrogen (secondary N) is 2. The Balaban J connectivity index is 0.00000341. The molecule has 1 amide bonds. The van der Waals surface area contributed by atoms with Crippen molar-refractivity contribution in [3.63, 3.8) is 0 Å². The number of ether oxygens (including phenoxy) is 1. The van der Waals surface area contributed by atoms with Crippen LogP contribution in [0.25, 0.3) is 0 Å². The Morgan fingerprint density at radius 1 is 1.26 bits per heavy atom. The molecule has 2 heterocycles. The summed E-state index contributed by atoms with van der Waals surface area (Å²) in [5, 5.41) is 6.69. The number of aryl methyl sites for hydroxylation is 1. The van der Waals surface area contributed by atoms with Gasteiger partial charge in [0.25, 0.3) is 0 Å². The second-order valence-electron chi connectivity index (χ2n) is 8.12. The molecule has 2 fully saturated rings. The third-order valence-corrected chi connectivity index (χ3v) is 5.91. The second kappa shape index (κ2) is 12.3. The third-order valence-electron chi connectivity index (χ3n) is 5.91. The molecular formula is C22H35IN4O4. The van der Waals surface area contributed by atoms with E-state index in [4.69, 9.17) is 9.15 Å². The summed E-state index contributed by atoms with van der Waals surface area (Å²) >= 11 is 0. The van der Waals surface area contributed by atoms with E-state index in [9.17, 15) is 9.59 Å². The number of hydrogen-bond acceptors (Lipinski definition) is 5. The van der Waals surface area contributed by atoms with Gasteiger partial charge in [-0.1, -0.05) is 19.3 Å². The van der Waals surface area contributed by atoms with E-state index in [1.165, 1.54) is 26.4 Å². The van der Waals surface area contributed by atoms with Crippen LogP contribution in [0.3, 0.4) is 0 Å². The quantitative estimate of drug-likeness (QED) is 0.246. The lowest BCUT2D eigenvalue weighted by atomic mass is 9.88. The number of likely N-dealkylation sites (tertiary alicyclic amines) is 1. The van der Waals surface area contributed by atoms with Crippen molar-refractivity contribution in [2.24, 2.45) is 10.9 Å². The molecule has 8 nitrogen and oxygen atoms in total. The Labute approximate surface area is 201 Å². The molecule has 1 aliphatic carbocycles. The zero-order valence-electron chi connectivity index (χ0n) is 18.7. The van der Waals surface area contributed by atoms with Gasteiger partial charge in [0.15, 0.2) is 5.96 Å². The lowest BCUT2D eigenvalue weighted by Gasteiger charge is -2.26. The van der Waals surface area contributed by atoms with Crippen LogP contribution in [0.4, 0.5) is 0 Å². The zero-order valence-corrected chi connectivity index (χ0v) is 21.1. The van der Waals surface area contributed by atoms with Crippen molar-refractivity contribution >= 4 is 41.8 Å². The molecule has 174 valence electrons. The molecule has 3 rings (SSSR count). The van der Waals surface area contributed by atoms with Crippen molar-refractivity contribution in [3.05, 3.63) is 23.2 Å². The van der Waals surface area contributed by atoms with E-state index in [1.54, 1.807) is 13.0 Å². The smallest absolute Gasteiger partial charge is 0.341 e. The molecule has 0 spiro atoms. The lowest BCUT2D eigenvalue weighted by molar-refractivity contribution is -0.135. The third kappa shape index (κ3) is 6.85. The molecule has 2 aliphatic rings. The molecule has 1 aliphatic heterocycles. The van der Waals surface area contributed by atoms with Crippen molar-refractivity contribution in [2.75, 3.05) is 26.7 Å². The van der Waals surface area contributed by atoms with Crippen LogP contribution in [0.15, 0.2) is 15.5 Å². The standard InChI is InChI=1S/C22H34N4O4.HI/c1-4-23-22(24-13-18-12-19(15(2)30-18)21(28)29-3)25-17-10-11-26(14-17)20(27)16-8-6-5-7-9-16;/h12,16-17H,4-11,13-14H2,1-3H3,(H2,23,24,25);1H. The predicted octanol–water partition coefficient (Wildman–Crippen LogP) is 3.23. The number of carbonyl (C=O) groups excluding carboxylic acids is 2. The van der Waals surface area contributed by atoms with Crippen LogP contribution in [0, 0.1) is 12.8 Å². The molecule has 1 saturated carbocycles. The first-order valence-electron chi connectivity index (χ1n) is 11.0. The van der Waals surface area contributed by atoms with E-state index >= 15 is 0 Å². The highest BCUT2D eigenvalue weighted by Crippen LogP contribution is 2.26. The molecule has 9 heteroatoms. The second-order valence-corrected chi connectivity index (χ2v) is 8.12. The van der Waals surface area contributed by atoms with Crippen molar-refractivity contribution in [1.29, 1.82) is 0 Å². The highest BCUT2D eigenvalue weighted by molar-refractivity contribution is 14.0. The molecule has 1 atom stereocenters. The average Bonchev–Trinajstić information content (AvgIpc) is 3.38. The van der Waals surface area contributed by atoms with Crippen molar-refractivity contribution in [2.45, 2.75) is 65.0 Å². The summed E-state index contributed by atoms with van der Waals surface area (Å²) in [6, 6.07) is 1.85. The van der Waals surface area contributed by atoms with Crippen LogP contribution in [-0.2, 0) is 16.1 Å². The number of esters is 1. The topological polar surface area (TPSA) is 96.2 Å². The fraction of sp³-hybridized carbons (Fsp3) is 0.682. The van der Waals surface area contributed by atoms with Crippen LogP contribution in [0.2, 0.25) is 0 Å². The van der Waals surface area contributed by atoms with E-state index in [-0.39, 0.29) is 35.9 Å². The molecule has 0 aromatic carbocycles. The number of aliphatic imine (C=N–C) groups is 1. The maximum atomic E-state index is 12.8. The van der Waals surface area contributed by atoms with E-state index in [0.717, 1.165) is 32.4 Å². The molecule has 0 bridgehead atoms. The molecule has 31 heavy (non-hydrogen) atoms. The molecule has 0 radical (unpaired) electrons. The summed E-state index contributed by atoms with van der Waals surface area (Å²) in [7, 11) is 1.35. The van der Waals surface area contributed by atoms with E-state index in [1.807, 2.05) is 11.8 Å². The van der Waals surface area contributed by atoms with E-state index < -0.39 is 5.97 Å². The summed E-state index contributed by atoms with van der Waals surface area (Å²) in [6.45, 7) is 6.30. The van der Waals surface area contributed by atoms with Crippen molar-refractivity contribution < 1.29 is 18.7 Å². The Hall–Kier alpha value is -1.78. The van der Waals surface area contributed by atoms with Crippen LogP contribution >= 0.6 is 24.0 Å². The molecule has 1 unspecified atom stereocenters. The molecule has 1 saturated heterocycles. The van der Waals surface area contributed by atoms with Gasteiger partial charge in [-0.05, 0) is 39.2 Å². The van der Waals surface area contributed by atoms with Gasteiger partial charge in [-0.2, -0.15) is 0 Å². The van der Waals surface area contributed by atoms with Gasteiger partial charge in [0, 0.05) is 31.6 Å². The Morgan fingerprint density at radius 2 is 2.00 bits per heavy atom. The fourth-order valence-corrected chi connectivity index (χ4v) is 4.29. The molecule has 1 aromatic rings. The number of nitrogens with zero attached hydrogens (tertiary/aromatic N) is 2. The normalized spacial score (nSPS) is 19.6. The number of rotatable bonds is 6. The zero-order chi connectivity index (χ0) is 21.5. The summed E-state index contributed by atoms with van der Waals surface area (Å²) in [5.74, 6) is 1.93. The number of hydrogen-bond donors (Lipinski definition) is 2. The van der Waals surface area contributed by atoms with Crippen LogP contribution in [0.1, 0.15) is 67.3 Å². The van der Waals surface area contributed by atoms with E-state index in [0.29, 0.717) is 42.0 Å². The van der Waals surface area contributed by atoms with Gasteiger partial charge in [-0.3, -0.25) is 4.79 Å². The maximum Gasteiger partial charge on any atom is 0.341 e. The van der Waals surface area contributed by atoms with Gasteiger partial charge < -0.3 is 24.7 Å². The summed E-state index contributed by atoms with van der Waals surface area (Å²) in [4.78, 5) is 31.1.